The maximum atomic E-state index is 13.5. The van der Waals surface area contributed by atoms with Crippen LogP contribution in [0.4, 0.5) is 8.78 Å². The van der Waals surface area contributed by atoms with Crippen LogP contribution in [0.15, 0.2) is 38.5 Å². The molecular weight excluding hydrogens is 456 g/mol. The molecular formula is C21H21F2N5O4S. The minimum Gasteiger partial charge on any atom is -0.339 e. The summed E-state index contributed by atoms with van der Waals surface area (Å²) in [6.45, 7) is 1.78. The molecule has 2 N–H and O–H groups in total. The van der Waals surface area contributed by atoms with E-state index in [2.05, 4.69) is 20.4 Å². The van der Waals surface area contributed by atoms with Gasteiger partial charge in [-0.05, 0) is 42.7 Å². The van der Waals surface area contributed by atoms with Gasteiger partial charge in [-0.25, -0.2) is 17.2 Å². The van der Waals surface area contributed by atoms with Crippen molar-refractivity contribution in [1.29, 1.82) is 0 Å². The van der Waals surface area contributed by atoms with E-state index in [4.69, 9.17) is 4.52 Å². The second-order valence-electron chi connectivity index (χ2n) is 8.15. The number of nitrogens with zero attached hydrogens (tertiary/aromatic N) is 3. The Labute approximate surface area is 187 Å². The first-order valence-corrected chi connectivity index (χ1v) is 12.0. The summed E-state index contributed by atoms with van der Waals surface area (Å²) in [4.78, 5) is 19.5. The Morgan fingerprint density at radius 3 is 2.67 bits per heavy atom. The van der Waals surface area contributed by atoms with Crippen LogP contribution in [0.25, 0.3) is 11.4 Å². The quantitative estimate of drug-likeness (QED) is 0.589. The van der Waals surface area contributed by atoms with E-state index >= 15 is 0 Å². The summed E-state index contributed by atoms with van der Waals surface area (Å²) >= 11 is 0. The van der Waals surface area contributed by atoms with Crippen molar-refractivity contribution < 1.29 is 21.7 Å². The first-order chi connectivity index (χ1) is 15.8. The van der Waals surface area contributed by atoms with E-state index in [9.17, 15) is 22.0 Å². The summed E-state index contributed by atoms with van der Waals surface area (Å²) in [7, 11) is -3.95. The lowest BCUT2D eigenvalue weighted by atomic mass is 9.98. The van der Waals surface area contributed by atoms with Crippen LogP contribution in [0.1, 0.15) is 35.9 Å². The van der Waals surface area contributed by atoms with Crippen LogP contribution in [0.3, 0.4) is 0 Å². The highest BCUT2D eigenvalue weighted by Gasteiger charge is 2.33. The summed E-state index contributed by atoms with van der Waals surface area (Å²) in [6.07, 6.45) is 1.57. The van der Waals surface area contributed by atoms with E-state index < -0.39 is 21.7 Å². The average molecular weight is 477 g/mol. The predicted octanol–water partition coefficient (Wildman–Crippen LogP) is 1.92. The minimum atomic E-state index is -3.95. The number of aromatic nitrogens is 3. The summed E-state index contributed by atoms with van der Waals surface area (Å²) in [5.74, 6) is -1.96. The molecule has 0 saturated carbocycles. The van der Waals surface area contributed by atoms with Gasteiger partial charge < -0.3 is 14.8 Å². The van der Waals surface area contributed by atoms with Crippen molar-refractivity contribution in [2.24, 2.45) is 0 Å². The Morgan fingerprint density at radius 1 is 1.12 bits per heavy atom. The highest BCUT2D eigenvalue weighted by molar-refractivity contribution is 7.89. The number of nitrogens with one attached hydrogen (secondary N) is 2. The fraction of sp³-hybridized carbons (Fsp3) is 0.381. The lowest BCUT2D eigenvalue weighted by molar-refractivity contribution is 0.270. The summed E-state index contributed by atoms with van der Waals surface area (Å²) in [6, 6.07) is 4.31. The number of fused-ring (bicyclic) bond motifs is 1. The molecule has 3 aromatic rings. The lowest BCUT2D eigenvalue weighted by Crippen LogP contribution is -2.38. The van der Waals surface area contributed by atoms with Gasteiger partial charge in [-0.15, -0.1) is 0 Å². The average Bonchev–Trinajstić information content (AvgIpc) is 3.30. The van der Waals surface area contributed by atoms with Crippen LogP contribution in [0, 0.1) is 11.6 Å². The van der Waals surface area contributed by atoms with E-state index in [0.717, 1.165) is 36.4 Å². The fourth-order valence-electron chi connectivity index (χ4n) is 4.23. The number of hydrogen-bond acceptors (Lipinski definition) is 7. The molecule has 1 fully saturated rings. The number of H-pyrrole nitrogens is 1. The monoisotopic (exact) mass is 477 g/mol. The second kappa shape index (κ2) is 8.43. The molecule has 9 nitrogen and oxygen atoms in total. The molecule has 1 saturated heterocycles. The zero-order valence-electron chi connectivity index (χ0n) is 17.5. The van der Waals surface area contributed by atoms with E-state index in [0.29, 0.717) is 36.9 Å². The molecule has 33 heavy (non-hydrogen) atoms. The van der Waals surface area contributed by atoms with Gasteiger partial charge in [0, 0.05) is 44.2 Å². The predicted molar refractivity (Wildman–Crippen MR) is 113 cm³/mol. The van der Waals surface area contributed by atoms with Gasteiger partial charge in [0.15, 0.2) is 11.6 Å². The minimum absolute atomic E-state index is 0.162. The Hall–Kier alpha value is -2.96. The maximum Gasteiger partial charge on any atom is 0.259 e. The van der Waals surface area contributed by atoms with Crippen molar-refractivity contribution in [2.45, 2.75) is 36.6 Å². The van der Waals surface area contributed by atoms with E-state index in [-0.39, 0.29) is 35.3 Å². The Balaban J connectivity index is 1.31. The van der Waals surface area contributed by atoms with Gasteiger partial charge in [0.1, 0.15) is 0 Å². The summed E-state index contributed by atoms with van der Waals surface area (Å²) in [5, 5.41) is 7.22. The van der Waals surface area contributed by atoms with Gasteiger partial charge in [-0.1, -0.05) is 5.16 Å². The van der Waals surface area contributed by atoms with Crippen molar-refractivity contribution in [2.75, 3.05) is 19.6 Å². The van der Waals surface area contributed by atoms with Crippen LogP contribution in [-0.4, -0.2) is 47.5 Å². The molecule has 2 aliphatic heterocycles. The number of pyridine rings is 1. The van der Waals surface area contributed by atoms with Crippen LogP contribution >= 0.6 is 0 Å². The second-order valence-corrected chi connectivity index (χ2v) is 10.1. The number of sulfonamides is 1. The van der Waals surface area contributed by atoms with Crippen molar-refractivity contribution in [1.82, 2.24) is 24.7 Å². The number of halogens is 2. The Kier molecular flexibility index (Phi) is 5.59. The molecule has 0 unspecified atom stereocenters. The van der Waals surface area contributed by atoms with E-state index in [1.807, 2.05) is 0 Å². The van der Waals surface area contributed by atoms with Crippen LogP contribution < -0.4 is 10.9 Å². The lowest BCUT2D eigenvalue weighted by Gasteiger charge is -2.29. The van der Waals surface area contributed by atoms with Crippen molar-refractivity contribution in [3.63, 3.8) is 0 Å². The normalized spacial score (nSPS) is 17.8. The van der Waals surface area contributed by atoms with Crippen molar-refractivity contribution in [3.05, 3.63) is 63.4 Å². The van der Waals surface area contributed by atoms with Crippen molar-refractivity contribution >= 4 is 10.0 Å². The van der Waals surface area contributed by atoms with E-state index in [1.165, 1.54) is 4.31 Å². The van der Waals surface area contributed by atoms with Crippen LogP contribution in [0.2, 0.25) is 0 Å². The van der Waals surface area contributed by atoms with Gasteiger partial charge >= 0.3 is 0 Å². The standard InChI is InChI=1S/C21H21F2N5O4S/c22-16-2-1-14(10-17(16)23)33(30,31)28-7-4-12(5-8-28)21-26-19(27-32-21)15-9-13-11-24-6-3-18(13)25-20(15)29/h1-2,9-10,12,24H,3-8,11H2,(H,25,29). The number of piperidine rings is 1. The number of rotatable bonds is 4. The highest BCUT2D eigenvalue weighted by Crippen LogP contribution is 2.31. The molecule has 0 amide bonds. The first kappa shape index (κ1) is 21.9. The molecule has 0 radical (unpaired) electrons. The maximum absolute atomic E-state index is 13.5. The molecule has 4 heterocycles. The van der Waals surface area contributed by atoms with Crippen molar-refractivity contribution in [3.8, 4) is 11.4 Å². The molecule has 2 aromatic heterocycles. The smallest absolute Gasteiger partial charge is 0.259 e. The molecule has 0 bridgehead atoms. The third-order valence-electron chi connectivity index (χ3n) is 6.10. The van der Waals surface area contributed by atoms with Gasteiger partial charge in [0.05, 0.1) is 10.5 Å². The van der Waals surface area contributed by atoms with Gasteiger partial charge in [-0.2, -0.15) is 9.29 Å². The van der Waals surface area contributed by atoms with Gasteiger partial charge in [0.2, 0.25) is 21.7 Å². The van der Waals surface area contributed by atoms with Crippen LogP contribution in [-0.2, 0) is 23.0 Å². The molecule has 5 rings (SSSR count). The Bertz CT molecular complexity index is 1360. The molecule has 0 atom stereocenters. The molecule has 0 aliphatic carbocycles. The van der Waals surface area contributed by atoms with Gasteiger partial charge in [0.25, 0.3) is 5.56 Å². The summed E-state index contributed by atoms with van der Waals surface area (Å²) < 4.78 is 58.9. The SMILES string of the molecule is O=c1[nH]c2c(cc1-c1noc(C3CCN(S(=O)(=O)c4ccc(F)c(F)c4)CC3)n1)CNCC2. The largest absolute Gasteiger partial charge is 0.339 e. The third-order valence-corrected chi connectivity index (χ3v) is 7.99. The first-order valence-electron chi connectivity index (χ1n) is 10.6. The van der Waals surface area contributed by atoms with Crippen LogP contribution in [0.5, 0.6) is 0 Å². The molecule has 0 spiro atoms. The van der Waals surface area contributed by atoms with E-state index in [1.54, 1.807) is 6.07 Å². The molecule has 1 aromatic carbocycles. The molecule has 2 aliphatic rings. The number of aromatic amines is 1. The Morgan fingerprint density at radius 2 is 1.91 bits per heavy atom. The summed E-state index contributed by atoms with van der Waals surface area (Å²) in [5.41, 5.74) is 1.93. The third kappa shape index (κ3) is 4.09. The number of hydrogen-bond donors (Lipinski definition) is 2. The zero-order valence-corrected chi connectivity index (χ0v) is 18.3. The molecule has 174 valence electrons. The highest BCUT2D eigenvalue weighted by atomic mass is 32.2. The topological polar surface area (TPSA) is 121 Å². The fourth-order valence-corrected chi connectivity index (χ4v) is 5.72. The number of benzene rings is 1. The van der Waals surface area contributed by atoms with Gasteiger partial charge in [-0.3, -0.25) is 4.79 Å². The molecule has 12 heteroatoms. The zero-order chi connectivity index (χ0) is 23.2.